The van der Waals surface area contributed by atoms with Crippen LogP contribution in [-0.4, -0.2) is 9.13 Å². The molecule has 0 saturated heterocycles. The van der Waals surface area contributed by atoms with Gasteiger partial charge in [-0.15, -0.1) is 0 Å². The summed E-state index contributed by atoms with van der Waals surface area (Å²) in [6.07, 6.45) is 4.35. The van der Waals surface area contributed by atoms with Crippen LogP contribution in [0.25, 0.3) is 95.2 Å². The van der Waals surface area contributed by atoms with E-state index in [1.54, 1.807) is 0 Å². The van der Waals surface area contributed by atoms with Gasteiger partial charge in [0.15, 0.2) is 0 Å². The molecule has 2 aromatic heterocycles. The predicted octanol–water partition coefficient (Wildman–Crippen LogP) is 15.5. The van der Waals surface area contributed by atoms with E-state index >= 15 is 0 Å². The molecule has 0 N–H and O–H groups in total. The minimum Gasteiger partial charge on any atom is -0.309 e. The lowest BCUT2D eigenvalue weighted by Crippen LogP contribution is -2.02. The number of nitrogens with zero attached hydrogens (tertiary/aromatic N) is 2. The molecule has 0 bridgehead atoms. The van der Waals surface area contributed by atoms with Gasteiger partial charge >= 0.3 is 0 Å². The molecular formula is C57H44N2. The average molecular weight is 757 g/mol. The van der Waals surface area contributed by atoms with E-state index in [1.807, 2.05) is 6.08 Å². The summed E-state index contributed by atoms with van der Waals surface area (Å²) in [5.74, 6) is 0. The number of allylic oxidation sites excluding steroid dienone is 1. The van der Waals surface area contributed by atoms with Crippen LogP contribution in [0.4, 0.5) is 0 Å². The van der Waals surface area contributed by atoms with Crippen LogP contribution in [0.2, 0.25) is 0 Å². The summed E-state index contributed by atoms with van der Waals surface area (Å²) in [6.45, 7) is 11.0. The minimum absolute atomic E-state index is 1.07. The zero-order chi connectivity index (χ0) is 40.0. The van der Waals surface area contributed by atoms with Gasteiger partial charge in [0.25, 0.3) is 0 Å². The van der Waals surface area contributed by atoms with Crippen molar-refractivity contribution in [3.8, 4) is 44.8 Å². The van der Waals surface area contributed by atoms with Crippen molar-refractivity contribution in [1.29, 1.82) is 0 Å². The maximum Gasteiger partial charge on any atom is 0.0541 e. The van der Waals surface area contributed by atoms with Gasteiger partial charge < -0.3 is 9.13 Å². The fourth-order valence-corrected chi connectivity index (χ4v) is 8.90. The summed E-state index contributed by atoms with van der Waals surface area (Å²) in [5.41, 5.74) is 20.1. The Bertz CT molecular complexity index is 3230. The number of benzene rings is 8. The van der Waals surface area contributed by atoms with E-state index < -0.39 is 0 Å². The van der Waals surface area contributed by atoms with Gasteiger partial charge in [0.05, 0.1) is 22.2 Å². The Morgan fingerprint density at radius 3 is 1.53 bits per heavy atom. The highest BCUT2D eigenvalue weighted by molar-refractivity contribution is 6.12. The minimum atomic E-state index is 1.07. The second-order valence-corrected chi connectivity index (χ2v) is 15.6. The van der Waals surface area contributed by atoms with Crippen LogP contribution >= 0.6 is 0 Å². The Morgan fingerprint density at radius 2 is 0.966 bits per heavy atom. The van der Waals surface area contributed by atoms with Gasteiger partial charge in [-0.1, -0.05) is 146 Å². The first-order chi connectivity index (χ1) is 28.9. The van der Waals surface area contributed by atoms with Crippen LogP contribution in [0.5, 0.6) is 0 Å². The summed E-state index contributed by atoms with van der Waals surface area (Å²) in [4.78, 5) is 0. The molecule has 0 radical (unpaired) electrons. The Morgan fingerprint density at radius 1 is 0.458 bits per heavy atom. The lowest BCUT2D eigenvalue weighted by molar-refractivity contribution is 1.07. The van der Waals surface area contributed by atoms with Crippen molar-refractivity contribution in [3.63, 3.8) is 0 Å². The monoisotopic (exact) mass is 756 g/mol. The average Bonchev–Trinajstić information content (AvgIpc) is 3.78. The summed E-state index contributed by atoms with van der Waals surface area (Å²) in [7, 11) is 0. The molecule has 0 aliphatic heterocycles. The molecule has 0 aliphatic carbocycles. The lowest BCUT2D eigenvalue weighted by atomic mass is 9.99. The molecule has 0 spiro atoms. The van der Waals surface area contributed by atoms with Gasteiger partial charge in [-0.2, -0.15) is 0 Å². The van der Waals surface area contributed by atoms with E-state index in [4.69, 9.17) is 0 Å². The van der Waals surface area contributed by atoms with E-state index in [1.165, 1.54) is 88.4 Å². The summed E-state index contributed by atoms with van der Waals surface area (Å²) >= 11 is 0. The first-order valence-electron chi connectivity index (χ1n) is 20.4. The van der Waals surface area contributed by atoms with Crippen molar-refractivity contribution < 1.29 is 0 Å². The highest BCUT2D eigenvalue weighted by atomic mass is 15.0. The molecule has 8 aromatic carbocycles. The third-order valence-corrected chi connectivity index (χ3v) is 11.8. The van der Waals surface area contributed by atoms with Crippen molar-refractivity contribution in [2.45, 2.75) is 20.8 Å². The first kappa shape index (κ1) is 36.0. The fraction of sp³-hybridized carbons (Fsp3) is 0.0526. The summed E-state index contributed by atoms with van der Waals surface area (Å²) < 4.78 is 4.83. The number of rotatable bonds is 8. The predicted molar refractivity (Wildman–Crippen MR) is 253 cm³/mol. The molecule has 2 heterocycles. The largest absolute Gasteiger partial charge is 0.309 e. The molecule has 0 aliphatic rings. The van der Waals surface area contributed by atoms with E-state index in [-0.39, 0.29) is 0 Å². The zero-order valence-corrected chi connectivity index (χ0v) is 33.7. The smallest absolute Gasteiger partial charge is 0.0541 e. The number of hydrogen-bond donors (Lipinski definition) is 0. The quantitative estimate of drug-likeness (QED) is 0.146. The topological polar surface area (TPSA) is 9.86 Å². The second kappa shape index (κ2) is 14.8. The molecule has 0 fully saturated rings. The molecule has 10 aromatic rings. The molecule has 0 amide bonds. The Kier molecular flexibility index (Phi) is 9.03. The normalized spacial score (nSPS) is 11.8. The van der Waals surface area contributed by atoms with Crippen molar-refractivity contribution >= 4 is 50.4 Å². The maximum absolute atomic E-state index is 4.40. The molecule has 0 saturated carbocycles. The summed E-state index contributed by atoms with van der Waals surface area (Å²) in [5, 5.41) is 3.67. The number of hydrogen-bond acceptors (Lipinski definition) is 0. The van der Waals surface area contributed by atoms with Crippen LogP contribution in [0, 0.1) is 13.8 Å². The van der Waals surface area contributed by atoms with Crippen LogP contribution in [0.1, 0.15) is 34.9 Å². The molecule has 10 rings (SSSR count). The second-order valence-electron chi connectivity index (χ2n) is 15.6. The van der Waals surface area contributed by atoms with E-state index in [9.17, 15) is 0 Å². The lowest BCUT2D eigenvalue weighted by Gasteiger charge is -2.16. The van der Waals surface area contributed by atoms with Crippen LogP contribution in [-0.2, 0) is 0 Å². The van der Waals surface area contributed by atoms with Crippen LogP contribution in [0.3, 0.4) is 0 Å². The Labute approximate surface area is 346 Å². The first-order valence-corrected chi connectivity index (χ1v) is 20.4. The van der Waals surface area contributed by atoms with Gasteiger partial charge in [-0.3, -0.25) is 0 Å². The van der Waals surface area contributed by atoms with E-state index in [0.29, 0.717) is 0 Å². The molecular weight excluding hydrogens is 713 g/mol. The van der Waals surface area contributed by atoms with Crippen molar-refractivity contribution in [3.05, 3.63) is 223 Å². The van der Waals surface area contributed by atoms with Gasteiger partial charge in [-0.05, 0) is 138 Å². The third-order valence-electron chi connectivity index (χ3n) is 11.8. The summed E-state index contributed by atoms with van der Waals surface area (Å²) in [6, 6.07) is 68.4. The van der Waals surface area contributed by atoms with Crippen molar-refractivity contribution in [2.75, 3.05) is 0 Å². The molecule has 282 valence electrons. The van der Waals surface area contributed by atoms with Crippen molar-refractivity contribution in [1.82, 2.24) is 9.13 Å². The third kappa shape index (κ3) is 6.40. The zero-order valence-electron chi connectivity index (χ0n) is 33.7. The highest BCUT2D eigenvalue weighted by Crippen LogP contribution is 2.40. The Hall–Kier alpha value is -7.42. The van der Waals surface area contributed by atoms with Gasteiger partial charge in [0.2, 0.25) is 0 Å². The van der Waals surface area contributed by atoms with Gasteiger partial charge in [0, 0.05) is 33.1 Å². The molecule has 0 unspecified atom stereocenters. The van der Waals surface area contributed by atoms with Crippen LogP contribution in [0.15, 0.2) is 195 Å². The molecule has 0 atom stereocenters. The highest BCUT2D eigenvalue weighted by Gasteiger charge is 2.20. The van der Waals surface area contributed by atoms with E-state index in [0.717, 1.165) is 22.6 Å². The number of aromatic nitrogens is 2. The molecule has 2 heteroatoms. The van der Waals surface area contributed by atoms with Gasteiger partial charge in [-0.25, -0.2) is 0 Å². The van der Waals surface area contributed by atoms with E-state index in [2.05, 4.69) is 231 Å². The maximum atomic E-state index is 4.40. The van der Waals surface area contributed by atoms with Gasteiger partial charge in [0.1, 0.15) is 0 Å². The van der Waals surface area contributed by atoms with Crippen molar-refractivity contribution in [2.24, 2.45) is 0 Å². The van der Waals surface area contributed by atoms with Crippen LogP contribution < -0.4 is 0 Å². The number of fused-ring (bicyclic) bond motifs is 4. The Balaban J connectivity index is 1.16. The molecule has 2 nitrogen and oxygen atoms in total. The SMILES string of the molecule is C=Cc1c(/C=C(\C)c2ccccc2)c2cc(-c3ccccc3)ccc2n1-c1ccc(-n2c3ccc(-c4ccccc4)cc3c3cc(-c4cccc(C)c4)ccc32)cc1C. The number of aryl methyl sites for hydroxylation is 2. The molecule has 59 heavy (non-hydrogen) atoms. The fourth-order valence-electron chi connectivity index (χ4n) is 8.90. The standard InChI is InChI=1S/C57H44N2/c1-5-53-49(34-39(3)41-17-9-6-10-18-41)50-35-46(43-21-13-8-14-22-43)25-30-57(50)59(53)54-31-27-48(33-40(54)4)58-55-28-24-45(42-19-11-7-12-20-42)36-51(55)52-37-47(26-29-56(52)58)44-23-15-16-38(2)32-44/h5-37H,1H2,2-4H3/b39-34+.